The molecule has 4 N–H and O–H groups in total. The third-order valence-corrected chi connectivity index (χ3v) is 11.9. The molecular weight excluding hydrogens is 754 g/mol. The van der Waals surface area contributed by atoms with E-state index in [1.165, 1.54) is 18.1 Å². The Bertz CT molecular complexity index is 1710. The molecule has 58 heavy (non-hydrogen) atoms. The molecule has 5 fully saturated rings. The van der Waals surface area contributed by atoms with Crippen LogP contribution in [0.5, 0.6) is 0 Å². The van der Waals surface area contributed by atoms with Gasteiger partial charge in [0, 0.05) is 37.3 Å². The van der Waals surface area contributed by atoms with Crippen LogP contribution in [0.3, 0.4) is 0 Å². The SMILES string of the molecule is CCCCCC1(CCCCC)O[C@@H]2[C@H](O1)[C@H]1ON(Cc3cccc(C=CC(=O)O[C@H]4C(=O)OCC4(C)C)c3)[C@H]3C(=O)O[C@@H]2C[C@@]13C(=O)N[C@@H](C(=O)NCCO)[C@H](C)O. The number of nitrogens with one attached hydrogen (secondary N) is 2. The standard InChI is InChI=1S/C42H59N3O13/c1-6-8-10-17-41(18-11-9-7-2)56-31-28-22-42(39(52)44-30(25(3)47)36(49)43-19-20-46)33(37(50)54-28)45(58-34(42)32(31)57-41)23-27-14-12-13-26(21-27)15-16-29(48)55-35-38(51)53-24-40(35,4)5/h12-16,21,25,28,30-35,46-47H,6-11,17-20,22-24H2,1-5H3,(H,43,49)(H,44,52)/t25-,28+,30+,31-,32-,33-,34+,35-,42-/m0/s1. The van der Waals surface area contributed by atoms with Gasteiger partial charge in [0.05, 0.1) is 19.3 Å². The lowest BCUT2D eigenvalue weighted by Crippen LogP contribution is -2.71. The highest BCUT2D eigenvalue weighted by molar-refractivity contribution is 5.96. The summed E-state index contributed by atoms with van der Waals surface area (Å²) < 4.78 is 30.3. The Morgan fingerprint density at radius 2 is 1.74 bits per heavy atom. The van der Waals surface area contributed by atoms with Gasteiger partial charge in [0.2, 0.25) is 17.9 Å². The molecule has 4 heterocycles. The molecule has 1 aliphatic carbocycles. The van der Waals surface area contributed by atoms with E-state index in [1.54, 1.807) is 44.2 Å². The number of cyclic esters (lactones) is 1. The molecule has 1 saturated carbocycles. The van der Waals surface area contributed by atoms with Crippen LogP contribution in [-0.4, -0.2) is 119 Å². The van der Waals surface area contributed by atoms with Gasteiger partial charge >= 0.3 is 17.9 Å². The number of benzene rings is 1. The van der Waals surface area contributed by atoms with Crippen molar-refractivity contribution in [3.63, 3.8) is 0 Å². The molecule has 2 bridgehead atoms. The lowest BCUT2D eigenvalue weighted by Gasteiger charge is -2.49. The van der Waals surface area contributed by atoms with Crippen molar-refractivity contribution in [1.29, 1.82) is 0 Å². The highest BCUT2D eigenvalue weighted by Gasteiger charge is 2.76. The molecule has 0 aromatic heterocycles. The highest BCUT2D eigenvalue weighted by Crippen LogP contribution is 2.58. The fourth-order valence-electron chi connectivity index (χ4n) is 8.90. The number of aliphatic hydroxyl groups excluding tert-OH is 2. The molecule has 0 radical (unpaired) electrons. The number of aliphatic hydroxyl groups is 2. The average molecular weight is 814 g/mol. The molecule has 4 aliphatic heterocycles. The van der Waals surface area contributed by atoms with Gasteiger partial charge < -0.3 is 44.5 Å². The van der Waals surface area contributed by atoms with E-state index in [0.717, 1.165) is 38.5 Å². The van der Waals surface area contributed by atoms with Gasteiger partial charge in [0.15, 0.2) is 11.8 Å². The highest BCUT2D eigenvalue weighted by atomic mass is 16.8. The monoisotopic (exact) mass is 813 g/mol. The average Bonchev–Trinajstić information content (AvgIpc) is 3.82. The molecule has 1 aromatic carbocycles. The number of unbranched alkanes of at least 4 members (excludes halogenated alkanes) is 4. The van der Waals surface area contributed by atoms with Crippen LogP contribution in [-0.2, 0) is 59.0 Å². The summed E-state index contributed by atoms with van der Waals surface area (Å²) in [6.45, 7) is 8.89. The van der Waals surface area contributed by atoms with Crippen molar-refractivity contribution in [2.75, 3.05) is 19.8 Å². The summed E-state index contributed by atoms with van der Waals surface area (Å²) in [6, 6.07) is 4.45. The fraction of sp³-hybridized carbons (Fsp3) is 0.690. The number of hydroxylamine groups is 2. The van der Waals surface area contributed by atoms with E-state index in [9.17, 15) is 34.2 Å². The van der Waals surface area contributed by atoms with Crippen molar-refractivity contribution < 1.29 is 62.7 Å². The van der Waals surface area contributed by atoms with Crippen LogP contribution >= 0.6 is 0 Å². The van der Waals surface area contributed by atoms with Crippen LogP contribution in [0.25, 0.3) is 6.08 Å². The molecule has 1 aromatic rings. The summed E-state index contributed by atoms with van der Waals surface area (Å²) in [5.41, 5.74) is -0.997. The molecular formula is C42H59N3O13. The second-order valence-electron chi connectivity index (χ2n) is 16.9. The Balaban J connectivity index is 1.30. The van der Waals surface area contributed by atoms with Gasteiger partial charge in [0.25, 0.3) is 0 Å². The lowest BCUT2D eigenvalue weighted by atomic mass is 9.62. The lowest BCUT2D eigenvalue weighted by molar-refractivity contribution is -0.224. The zero-order chi connectivity index (χ0) is 41.8. The fourth-order valence-corrected chi connectivity index (χ4v) is 8.90. The first-order valence-electron chi connectivity index (χ1n) is 20.7. The first-order valence-corrected chi connectivity index (χ1v) is 20.7. The van der Waals surface area contributed by atoms with Crippen LogP contribution in [0.2, 0.25) is 0 Å². The Morgan fingerprint density at radius 3 is 2.38 bits per heavy atom. The van der Waals surface area contributed by atoms with Gasteiger partial charge in [-0.3, -0.25) is 19.2 Å². The van der Waals surface area contributed by atoms with Crippen LogP contribution < -0.4 is 10.6 Å². The number of esters is 3. The van der Waals surface area contributed by atoms with E-state index >= 15 is 0 Å². The van der Waals surface area contributed by atoms with E-state index in [-0.39, 0.29) is 32.7 Å². The maximum atomic E-state index is 14.8. The predicted molar refractivity (Wildman–Crippen MR) is 206 cm³/mol. The largest absolute Gasteiger partial charge is 0.462 e. The molecule has 320 valence electrons. The summed E-state index contributed by atoms with van der Waals surface area (Å²) >= 11 is 0. The number of hydrogen-bond acceptors (Lipinski definition) is 14. The maximum absolute atomic E-state index is 14.8. The summed E-state index contributed by atoms with van der Waals surface area (Å²) in [5.74, 6) is -4.36. The zero-order valence-electron chi connectivity index (χ0n) is 34.1. The number of ether oxygens (including phenoxy) is 5. The second kappa shape index (κ2) is 18.1. The van der Waals surface area contributed by atoms with Crippen molar-refractivity contribution in [1.82, 2.24) is 15.7 Å². The Hall–Kier alpha value is -3.93. The quantitative estimate of drug-likeness (QED) is 0.0686. The first-order chi connectivity index (χ1) is 27.7. The van der Waals surface area contributed by atoms with E-state index in [4.69, 9.17) is 28.5 Å². The van der Waals surface area contributed by atoms with Crippen LogP contribution in [0.4, 0.5) is 0 Å². The van der Waals surface area contributed by atoms with E-state index < -0.39 is 95.0 Å². The van der Waals surface area contributed by atoms with E-state index in [0.29, 0.717) is 24.0 Å². The van der Waals surface area contributed by atoms with E-state index in [1.807, 2.05) is 0 Å². The molecule has 0 unspecified atom stereocenters. The third kappa shape index (κ3) is 8.82. The van der Waals surface area contributed by atoms with Crippen LogP contribution in [0.1, 0.15) is 104 Å². The minimum atomic E-state index is -1.62. The normalized spacial score (nSPS) is 30.3. The molecule has 16 nitrogen and oxygen atoms in total. The Morgan fingerprint density at radius 1 is 1.03 bits per heavy atom. The summed E-state index contributed by atoms with van der Waals surface area (Å²) in [5, 5.41) is 26.6. The third-order valence-electron chi connectivity index (χ3n) is 11.9. The number of nitrogens with zero attached hydrogens (tertiary/aromatic N) is 1. The smallest absolute Gasteiger partial charge is 0.348 e. The molecule has 4 saturated heterocycles. The second-order valence-corrected chi connectivity index (χ2v) is 16.9. The molecule has 16 heteroatoms. The minimum absolute atomic E-state index is 0.0113. The minimum Gasteiger partial charge on any atom is -0.462 e. The van der Waals surface area contributed by atoms with Gasteiger partial charge in [0.1, 0.15) is 42.5 Å². The Labute approximate surface area is 339 Å². The van der Waals surface area contributed by atoms with Crippen LogP contribution in [0, 0.1) is 10.8 Å². The van der Waals surface area contributed by atoms with Gasteiger partial charge in [-0.15, -0.1) is 0 Å². The molecule has 9 atom stereocenters. The van der Waals surface area contributed by atoms with Gasteiger partial charge in [-0.25, -0.2) is 9.59 Å². The van der Waals surface area contributed by atoms with Gasteiger partial charge in [-0.05, 0) is 37.0 Å². The van der Waals surface area contributed by atoms with Crippen molar-refractivity contribution in [3.05, 3.63) is 41.5 Å². The molecule has 2 amide bonds. The van der Waals surface area contributed by atoms with Crippen LogP contribution in [0.15, 0.2) is 30.3 Å². The number of fused-ring (bicyclic) bond motifs is 4. The van der Waals surface area contributed by atoms with Crippen molar-refractivity contribution in [2.24, 2.45) is 10.8 Å². The van der Waals surface area contributed by atoms with E-state index in [2.05, 4.69) is 24.5 Å². The predicted octanol–water partition coefficient (Wildman–Crippen LogP) is 2.61. The van der Waals surface area contributed by atoms with Crippen molar-refractivity contribution in [2.45, 2.75) is 153 Å². The van der Waals surface area contributed by atoms with Gasteiger partial charge in [-0.2, -0.15) is 5.06 Å². The number of hydrogen-bond donors (Lipinski definition) is 4. The Kier molecular flexibility index (Phi) is 13.6. The van der Waals surface area contributed by atoms with Crippen molar-refractivity contribution >= 4 is 35.8 Å². The molecule has 0 spiro atoms. The topological polar surface area (TPSA) is 208 Å². The zero-order valence-corrected chi connectivity index (χ0v) is 34.1. The summed E-state index contributed by atoms with van der Waals surface area (Å²) in [7, 11) is 0. The maximum Gasteiger partial charge on any atom is 0.348 e. The molecule has 6 rings (SSSR count). The van der Waals surface area contributed by atoms with Gasteiger partial charge in [-0.1, -0.05) is 77.6 Å². The summed E-state index contributed by atoms with van der Waals surface area (Å²) in [4.78, 5) is 73.8. The number of carbonyl (C=O) groups excluding carboxylic acids is 5. The molecule has 5 aliphatic rings. The number of carbonyl (C=O) groups is 5. The van der Waals surface area contributed by atoms with Crippen molar-refractivity contribution in [3.8, 4) is 0 Å². The number of rotatable bonds is 19. The first kappa shape index (κ1) is 43.6. The number of amides is 2. The summed E-state index contributed by atoms with van der Waals surface area (Å²) in [6.07, 6.45) is 3.88.